The Morgan fingerprint density at radius 2 is 2.10 bits per heavy atom. The van der Waals surface area contributed by atoms with Crippen molar-refractivity contribution in [2.75, 3.05) is 46.3 Å². The van der Waals surface area contributed by atoms with Crippen LogP contribution in [0.3, 0.4) is 0 Å². The van der Waals surface area contributed by atoms with Gasteiger partial charge in [0.15, 0.2) is 0 Å². The summed E-state index contributed by atoms with van der Waals surface area (Å²) < 4.78 is 4.94. The van der Waals surface area contributed by atoms with Crippen LogP contribution in [0.2, 0.25) is 0 Å². The van der Waals surface area contributed by atoms with E-state index in [-0.39, 0.29) is 11.3 Å². The predicted molar refractivity (Wildman–Crippen MR) is 79.2 cm³/mol. The Hall–Kier alpha value is -1.40. The Morgan fingerprint density at radius 1 is 1.38 bits per heavy atom. The number of nitrogens with zero attached hydrogens (tertiary/aromatic N) is 3. The molecule has 0 bridgehead atoms. The van der Waals surface area contributed by atoms with Crippen LogP contribution < -0.4 is 5.32 Å². The van der Waals surface area contributed by atoms with Crippen molar-refractivity contribution in [2.24, 2.45) is 5.41 Å². The van der Waals surface area contributed by atoms with Crippen LogP contribution in [0, 0.1) is 12.3 Å². The largest absolute Gasteiger partial charge is 0.361 e. The number of hydrogen-bond donors (Lipinski definition) is 1. The fraction of sp³-hybridized carbons (Fsp3) is 0.733. The first kappa shape index (κ1) is 14.5. The SMILES string of the molecule is Cc1oncc1C(=O)NCC1(CN2CCN(C)CC2)CC1. The van der Waals surface area contributed by atoms with Crippen LogP contribution >= 0.6 is 0 Å². The number of hydrogen-bond acceptors (Lipinski definition) is 5. The van der Waals surface area contributed by atoms with Gasteiger partial charge >= 0.3 is 0 Å². The molecule has 116 valence electrons. The number of nitrogens with one attached hydrogen (secondary N) is 1. The van der Waals surface area contributed by atoms with Crippen molar-refractivity contribution in [3.05, 3.63) is 17.5 Å². The average Bonchev–Trinajstić information content (AvgIpc) is 3.10. The minimum atomic E-state index is -0.0709. The molecule has 2 fully saturated rings. The van der Waals surface area contributed by atoms with Crippen LogP contribution in [0.5, 0.6) is 0 Å². The molecule has 0 radical (unpaired) electrons. The Labute approximate surface area is 125 Å². The summed E-state index contributed by atoms with van der Waals surface area (Å²) in [5, 5.41) is 6.71. The minimum absolute atomic E-state index is 0.0709. The standard InChI is InChI=1S/C15H24N4O2/c1-12-13(9-17-21-12)14(20)16-10-15(3-4-15)11-19-7-5-18(2)6-8-19/h9H,3-8,10-11H2,1-2H3,(H,16,20). The Morgan fingerprint density at radius 3 is 2.67 bits per heavy atom. The van der Waals surface area contributed by atoms with Crippen molar-refractivity contribution >= 4 is 5.91 Å². The molecule has 1 aromatic rings. The molecule has 0 atom stereocenters. The molecular formula is C15H24N4O2. The third-order valence-corrected chi connectivity index (χ3v) is 4.73. The van der Waals surface area contributed by atoms with Gasteiger partial charge in [0, 0.05) is 44.7 Å². The van der Waals surface area contributed by atoms with E-state index in [1.54, 1.807) is 6.92 Å². The van der Waals surface area contributed by atoms with Gasteiger partial charge in [0.2, 0.25) is 0 Å². The first-order valence-electron chi connectivity index (χ1n) is 7.68. The molecule has 0 unspecified atom stereocenters. The summed E-state index contributed by atoms with van der Waals surface area (Å²) in [5.41, 5.74) is 0.835. The summed E-state index contributed by atoms with van der Waals surface area (Å²) in [4.78, 5) is 17.0. The number of amides is 1. The number of aryl methyl sites for hydroxylation is 1. The highest BCUT2D eigenvalue weighted by molar-refractivity contribution is 5.94. The van der Waals surface area contributed by atoms with E-state index < -0.39 is 0 Å². The smallest absolute Gasteiger partial charge is 0.256 e. The zero-order valence-corrected chi connectivity index (χ0v) is 12.9. The third-order valence-electron chi connectivity index (χ3n) is 4.73. The topological polar surface area (TPSA) is 61.6 Å². The molecule has 1 N–H and O–H groups in total. The zero-order chi connectivity index (χ0) is 14.9. The predicted octanol–water partition coefficient (Wildman–Crippen LogP) is 0.740. The molecule has 1 aromatic heterocycles. The Bertz CT molecular complexity index is 502. The molecule has 3 rings (SSSR count). The van der Waals surface area contributed by atoms with Gasteiger partial charge in [0.1, 0.15) is 11.3 Å². The molecule has 2 heterocycles. The first-order chi connectivity index (χ1) is 10.1. The fourth-order valence-electron chi connectivity index (χ4n) is 2.93. The number of carbonyl (C=O) groups is 1. The lowest BCUT2D eigenvalue weighted by Gasteiger charge is -2.34. The van der Waals surface area contributed by atoms with Crippen molar-refractivity contribution in [2.45, 2.75) is 19.8 Å². The number of piperazine rings is 1. The molecular weight excluding hydrogens is 268 g/mol. The van der Waals surface area contributed by atoms with Crippen molar-refractivity contribution in [1.82, 2.24) is 20.3 Å². The van der Waals surface area contributed by atoms with Gasteiger partial charge in [-0.1, -0.05) is 5.16 Å². The molecule has 21 heavy (non-hydrogen) atoms. The molecule has 1 aliphatic carbocycles. The van der Waals surface area contributed by atoms with E-state index in [0.717, 1.165) is 39.3 Å². The van der Waals surface area contributed by atoms with Gasteiger partial charge in [0.25, 0.3) is 5.91 Å². The van der Waals surface area contributed by atoms with Crippen LogP contribution in [0.4, 0.5) is 0 Å². The molecule has 2 aliphatic rings. The quantitative estimate of drug-likeness (QED) is 0.867. The Balaban J connectivity index is 1.48. The van der Waals surface area contributed by atoms with E-state index in [2.05, 4.69) is 27.3 Å². The third kappa shape index (κ3) is 3.44. The van der Waals surface area contributed by atoms with E-state index in [1.807, 2.05) is 0 Å². The summed E-state index contributed by atoms with van der Waals surface area (Å²) in [5.74, 6) is 0.509. The van der Waals surface area contributed by atoms with E-state index >= 15 is 0 Å². The van der Waals surface area contributed by atoms with Gasteiger partial charge in [-0.3, -0.25) is 4.79 Å². The van der Waals surface area contributed by atoms with Gasteiger partial charge in [-0.15, -0.1) is 0 Å². The van der Waals surface area contributed by atoms with Gasteiger partial charge in [-0.2, -0.15) is 0 Å². The van der Waals surface area contributed by atoms with Crippen molar-refractivity contribution < 1.29 is 9.32 Å². The van der Waals surface area contributed by atoms with Crippen molar-refractivity contribution in [1.29, 1.82) is 0 Å². The van der Waals surface area contributed by atoms with Crippen LogP contribution in [-0.4, -0.2) is 67.2 Å². The average molecular weight is 292 g/mol. The second kappa shape index (κ2) is 5.77. The molecule has 0 aromatic carbocycles. The molecule has 6 heteroatoms. The van der Waals surface area contributed by atoms with E-state index in [1.165, 1.54) is 19.0 Å². The highest BCUT2D eigenvalue weighted by atomic mass is 16.5. The maximum Gasteiger partial charge on any atom is 0.256 e. The van der Waals surface area contributed by atoms with Gasteiger partial charge < -0.3 is 19.6 Å². The number of aromatic nitrogens is 1. The first-order valence-corrected chi connectivity index (χ1v) is 7.68. The molecule has 1 saturated heterocycles. The molecule has 6 nitrogen and oxygen atoms in total. The van der Waals surface area contributed by atoms with Crippen LogP contribution in [0.15, 0.2) is 10.7 Å². The summed E-state index contributed by atoms with van der Waals surface area (Å²) >= 11 is 0. The molecule has 1 amide bonds. The van der Waals surface area contributed by atoms with Crippen LogP contribution in [-0.2, 0) is 0 Å². The van der Waals surface area contributed by atoms with E-state index in [0.29, 0.717) is 11.3 Å². The zero-order valence-electron chi connectivity index (χ0n) is 12.9. The highest BCUT2D eigenvalue weighted by Crippen LogP contribution is 2.45. The molecule has 0 spiro atoms. The summed E-state index contributed by atoms with van der Waals surface area (Å²) in [7, 11) is 2.17. The molecule has 1 aliphatic heterocycles. The van der Waals surface area contributed by atoms with Gasteiger partial charge in [0.05, 0.1) is 6.20 Å². The fourth-order valence-corrected chi connectivity index (χ4v) is 2.93. The van der Waals surface area contributed by atoms with Crippen molar-refractivity contribution in [3.8, 4) is 0 Å². The van der Waals surface area contributed by atoms with Crippen molar-refractivity contribution in [3.63, 3.8) is 0 Å². The maximum absolute atomic E-state index is 12.1. The van der Waals surface area contributed by atoms with E-state index in [9.17, 15) is 4.79 Å². The lowest BCUT2D eigenvalue weighted by molar-refractivity contribution is 0.0925. The summed E-state index contributed by atoms with van der Waals surface area (Å²) in [6, 6.07) is 0. The lowest BCUT2D eigenvalue weighted by atomic mass is 10.1. The number of likely N-dealkylation sites (N-methyl/N-ethyl adjacent to an activating group) is 1. The monoisotopic (exact) mass is 292 g/mol. The van der Waals surface area contributed by atoms with Gasteiger partial charge in [-0.05, 0) is 26.8 Å². The normalized spacial score (nSPS) is 22.2. The van der Waals surface area contributed by atoms with Crippen LogP contribution in [0.1, 0.15) is 29.0 Å². The van der Waals surface area contributed by atoms with E-state index in [4.69, 9.17) is 4.52 Å². The number of carbonyl (C=O) groups excluding carboxylic acids is 1. The minimum Gasteiger partial charge on any atom is -0.361 e. The summed E-state index contributed by atoms with van der Waals surface area (Å²) in [6.45, 7) is 8.17. The maximum atomic E-state index is 12.1. The van der Waals surface area contributed by atoms with Gasteiger partial charge in [-0.25, -0.2) is 0 Å². The Kier molecular flexibility index (Phi) is 3.99. The highest BCUT2D eigenvalue weighted by Gasteiger charge is 2.44. The summed E-state index contributed by atoms with van der Waals surface area (Å²) in [6.07, 6.45) is 3.91. The van der Waals surface area contributed by atoms with Crippen LogP contribution in [0.25, 0.3) is 0 Å². The lowest BCUT2D eigenvalue weighted by Crippen LogP contribution is -2.47. The molecule has 1 saturated carbocycles. The number of rotatable bonds is 5. The second-order valence-electron chi connectivity index (χ2n) is 6.56. The second-order valence-corrected chi connectivity index (χ2v) is 6.56.